The number of benzene rings is 2. The number of hydrogen-bond acceptors (Lipinski definition) is 5. The number of aromatic nitrogens is 5. The van der Waals surface area contributed by atoms with Gasteiger partial charge in [-0.3, -0.25) is 9.36 Å². The molecule has 0 aromatic heterocycles. The first-order chi connectivity index (χ1) is 12.5. The summed E-state index contributed by atoms with van der Waals surface area (Å²) < 4.78 is 2.38. The van der Waals surface area contributed by atoms with Crippen LogP contribution in [0.1, 0.15) is 0 Å². The molecule has 0 unspecified atom stereocenters. The number of para-hydroxylation sites is 1. The van der Waals surface area contributed by atoms with E-state index in [1.54, 1.807) is 24.3 Å². The van der Waals surface area contributed by atoms with E-state index in [1.807, 2.05) is 30.3 Å². The number of nitrogens with zero attached hydrogens (tertiary/aromatic N) is 5. The Morgan fingerprint density at radius 2 is 1.62 bits per heavy atom. The zero-order chi connectivity index (χ0) is 18.3. The standard InChI is InChI=1S/C18H12ClN5O2/c1-23-17(25)14-16(21-18(23)26)24(13-5-3-2-4-6-13)22-15(20-14)11-7-9-12(19)10-8-11/h2-10H,1H3. The van der Waals surface area contributed by atoms with Crippen LogP contribution in [0.15, 0.2) is 64.2 Å². The van der Waals surface area contributed by atoms with E-state index in [2.05, 4.69) is 15.1 Å². The molecule has 0 N–H and O–H groups in total. The van der Waals surface area contributed by atoms with E-state index in [0.29, 0.717) is 22.1 Å². The quantitative estimate of drug-likeness (QED) is 0.543. The van der Waals surface area contributed by atoms with Crippen molar-refractivity contribution >= 4 is 11.6 Å². The molecular formula is C18H12ClN5O2. The van der Waals surface area contributed by atoms with Crippen molar-refractivity contribution in [2.45, 2.75) is 0 Å². The Morgan fingerprint density at radius 3 is 2.31 bits per heavy atom. The Balaban J connectivity index is 2.09. The van der Waals surface area contributed by atoms with Gasteiger partial charge in [0.25, 0.3) is 5.56 Å². The van der Waals surface area contributed by atoms with E-state index < -0.39 is 11.2 Å². The third kappa shape index (κ3) is 2.68. The van der Waals surface area contributed by atoms with Crippen molar-refractivity contribution < 1.29 is 0 Å². The highest BCUT2D eigenvalue weighted by atomic mass is 35.5. The normalized spacial score (nSPS) is 11.0. The maximum absolute atomic E-state index is 12.6. The number of halogens is 1. The lowest BCUT2D eigenvalue weighted by Gasteiger charge is -2.14. The first kappa shape index (κ1) is 16.2. The van der Waals surface area contributed by atoms with E-state index >= 15 is 0 Å². The summed E-state index contributed by atoms with van der Waals surface area (Å²) in [6.07, 6.45) is 0. The largest absolute Gasteiger partial charge is 0.352 e. The summed E-state index contributed by atoms with van der Waals surface area (Å²) in [5, 5.41) is 5.08. The summed E-state index contributed by atoms with van der Waals surface area (Å²) in [7, 11) is 1.37. The zero-order valence-electron chi connectivity index (χ0n) is 13.6. The first-order valence-corrected chi connectivity index (χ1v) is 8.12. The minimum absolute atomic E-state index is 0.0657. The maximum atomic E-state index is 12.6. The Hall–Kier alpha value is -3.32. The second-order valence-electron chi connectivity index (χ2n) is 5.62. The summed E-state index contributed by atoms with van der Waals surface area (Å²) in [5.41, 5.74) is 0.234. The molecule has 0 fully saturated rings. The van der Waals surface area contributed by atoms with Crippen LogP contribution in [0.3, 0.4) is 0 Å². The van der Waals surface area contributed by atoms with Crippen LogP contribution in [-0.4, -0.2) is 24.3 Å². The maximum Gasteiger partial charge on any atom is 0.352 e. The Morgan fingerprint density at radius 1 is 0.923 bits per heavy atom. The van der Waals surface area contributed by atoms with Gasteiger partial charge in [-0.25, -0.2) is 14.5 Å². The number of fused-ring (bicyclic) bond motifs is 1. The van der Waals surface area contributed by atoms with E-state index in [1.165, 1.54) is 11.7 Å². The molecule has 2 aliphatic heterocycles. The molecule has 7 nitrogen and oxygen atoms in total. The van der Waals surface area contributed by atoms with Gasteiger partial charge in [-0.05, 0) is 36.4 Å². The van der Waals surface area contributed by atoms with Gasteiger partial charge in [0.1, 0.15) is 0 Å². The average molecular weight is 366 g/mol. The molecule has 0 aliphatic carbocycles. The van der Waals surface area contributed by atoms with Gasteiger partial charge in [0.15, 0.2) is 17.3 Å². The SMILES string of the molecule is Cn1c(=O)nc2n(-c3ccccc3)nc(-c3ccc(Cl)cc3)nc-2c1=O. The lowest BCUT2D eigenvalue weighted by molar-refractivity contribution is 0.723. The Kier molecular flexibility index (Phi) is 3.85. The minimum Gasteiger partial charge on any atom is -0.267 e. The van der Waals surface area contributed by atoms with Crippen LogP contribution < -0.4 is 11.2 Å². The minimum atomic E-state index is -0.657. The van der Waals surface area contributed by atoms with Crippen LogP contribution >= 0.6 is 11.6 Å². The molecule has 2 heterocycles. The summed E-state index contributed by atoms with van der Waals surface area (Å²) in [6, 6.07) is 16.1. The number of hydrogen-bond donors (Lipinski definition) is 0. The molecule has 8 heteroatoms. The molecule has 2 aromatic rings. The lowest BCUT2D eigenvalue weighted by atomic mass is 10.2. The van der Waals surface area contributed by atoms with Gasteiger partial charge in [-0.15, -0.1) is 5.10 Å². The highest BCUT2D eigenvalue weighted by molar-refractivity contribution is 6.30. The van der Waals surface area contributed by atoms with Crippen molar-refractivity contribution in [1.29, 1.82) is 0 Å². The fourth-order valence-corrected chi connectivity index (χ4v) is 2.67. The van der Waals surface area contributed by atoms with Crippen LogP contribution in [0.2, 0.25) is 5.02 Å². The molecule has 0 spiro atoms. The molecule has 0 bridgehead atoms. The van der Waals surface area contributed by atoms with Gasteiger partial charge in [0, 0.05) is 17.6 Å². The van der Waals surface area contributed by atoms with E-state index in [0.717, 1.165) is 4.57 Å². The molecule has 0 saturated heterocycles. The summed E-state index contributed by atoms with van der Waals surface area (Å²) in [5.74, 6) is 0.442. The first-order valence-electron chi connectivity index (χ1n) is 7.74. The monoisotopic (exact) mass is 365 g/mol. The van der Waals surface area contributed by atoms with Gasteiger partial charge in [0.05, 0.1) is 5.69 Å². The summed E-state index contributed by atoms with van der Waals surface area (Å²) in [4.78, 5) is 32.9. The third-order valence-electron chi connectivity index (χ3n) is 3.92. The van der Waals surface area contributed by atoms with E-state index in [-0.39, 0.29) is 11.5 Å². The Bertz CT molecular complexity index is 1180. The van der Waals surface area contributed by atoms with E-state index in [4.69, 9.17) is 11.6 Å². The highest BCUT2D eigenvalue weighted by Gasteiger charge is 2.21. The van der Waals surface area contributed by atoms with Crippen LogP contribution in [0.4, 0.5) is 0 Å². The van der Waals surface area contributed by atoms with Crippen molar-refractivity contribution in [3.63, 3.8) is 0 Å². The number of rotatable bonds is 2. The molecule has 2 aromatic carbocycles. The van der Waals surface area contributed by atoms with Crippen molar-refractivity contribution in [1.82, 2.24) is 24.3 Å². The summed E-state index contributed by atoms with van der Waals surface area (Å²) >= 11 is 5.94. The van der Waals surface area contributed by atoms with Crippen LogP contribution in [0.25, 0.3) is 28.6 Å². The third-order valence-corrected chi connectivity index (χ3v) is 4.18. The zero-order valence-corrected chi connectivity index (χ0v) is 14.4. The highest BCUT2D eigenvalue weighted by Crippen LogP contribution is 2.22. The van der Waals surface area contributed by atoms with Crippen LogP contribution in [0, 0.1) is 0 Å². The molecule has 2 aliphatic rings. The van der Waals surface area contributed by atoms with Gasteiger partial charge < -0.3 is 0 Å². The molecule has 128 valence electrons. The molecule has 0 atom stereocenters. The molecule has 26 heavy (non-hydrogen) atoms. The van der Waals surface area contributed by atoms with Crippen LogP contribution in [0.5, 0.6) is 0 Å². The second-order valence-corrected chi connectivity index (χ2v) is 6.06. The fraction of sp³-hybridized carbons (Fsp3) is 0.0556. The predicted molar refractivity (Wildman–Crippen MR) is 97.7 cm³/mol. The van der Waals surface area contributed by atoms with Gasteiger partial charge >= 0.3 is 5.69 Å². The van der Waals surface area contributed by atoms with Gasteiger partial charge in [-0.1, -0.05) is 29.8 Å². The van der Waals surface area contributed by atoms with Crippen LogP contribution in [-0.2, 0) is 7.05 Å². The molecule has 0 amide bonds. The second kappa shape index (κ2) is 6.20. The van der Waals surface area contributed by atoms with Crippen molar-refractivity contribution in [2.75, 3.05) is 0 Å². The Labute approximate surface area is 152 Å². The molecule has 0 saturated carbocycles. The lowest BCUT2D eigenvalue weighted by Crippen LogP contribution is -2.37. The smallest absolute Gasteiger partial charge is 0.267 e. The van der Waals surface area contributed by atoms with Gasteiger partial charge in [0.2, 0.25) is 0 Å². The van der Waals surface area contributed by atoms with Crippen molar-refractivity contribution in [3.8, 4) is 28.6 Å². The fourth-order valence-electron chi connectivity index (χ4n) is 2.55. The molecule has 4 rings (SSSR count). The molecular weight excluding hydrogens is 354 g/mol. The van der Waals surface area contributed by atoms with Crippen molar-refractivity contribution in [2.24, 2.45) is 7.05 Å². The average Bonchev–Trinajstić information content (AvgIpc) is 2.67. The van der Waals surface area contributed by atoms with E-state index in [9.17, 15) is 9.59 Å². The van der Waals surface area contributed by atoms with Crippen molar-refractivity contribution in [3.05, 3.63) is 80.5 Å². The van der Waals surface area contributed by atoms with Gasteiger partial charge in [-0.2, -0.15) is 4.98 Å². The summed E-state index contributed by atoms with van der Waals surface area (Å²) in [6.45, 7) is 0. The topological polar surface area (TPSA) is 82.7 Å². The predicted octanol–water partition coefficient (Wildman–Crippen LogP) is 2.15. The molecule has 0 radical (unpaired) electrons.